The van der Waals surface area contributed by atoms with Crippen LogP contribution in [0, 0.1) is 5.92 Å². The van der Waals surface area contributed by atoms with Crippen molar-refractivity contribution in [2.75, 3.05) is 54.6 Å². The number of amides is 1. The van der Waals surface area contributed by atoms with E-state index in [1.807, 2.05) is 31.3 Å². The molecule has 1 amide bonds. The molecule has 7 nitrogen and oxygen atoms in total. The van der Waals surface area contributed by atoms with Gasteiger partial charge in [-0.2, -0.15) is 0 Å². The van der Waals surface area contributed by atoms with E-state index in [9.17, 15) is 4.79 Å². The number of methoxy groups -OCH3 is 1. The first-order chi connectivity index (χ1) is 12.5. The van der Waals surface area contributed by atoms with Gasteiger partial charge in [0.1, 0.15) is 5.75 Å². The number of ether oxygens (including phenoxy) is 2. The Labute approximate surface area is 156 Å². The summed E-state index contributed by atoms with van der Waals surface area (Å²) in [5.74, 6) is 2.06. The highest BCUT2D eigenvalue weighted by molar-refractivity contribution is 5.86. The van der Waals surface area contributed by atoms with Crippen LogP contribution in [0.1, 0.15) is 12.0 Å². The number of hydrogen-bond donors (Lipinski definition) is 1. The SMILES string of the molecule is COc1ccc(CN=C(NCC(=O)N(C)C)N(C)CC2CCOC2)cc1. The minimum atomic E-state index is 0.0137. The van der Waals surface area contributed by atoms with Crippen molar-refractivity contribution in [2.45, 2.75) is 13.0 Å². The van der Waals surface area contributed by atoms with E-state index in [0.717, 1.165) is 43.5 Å². The van der Waals surface area contributed by atoms with Crippen molar-refractivity contribution in [1.29, 1.82) is 0 Å². The lowest BCUT2D eigenvalue weighted by molar-refractivity contribution is -0.127. The zero-order valence-electron chi connectivity index (χ0n) is 16.2. The predicted octanol–water partition coefficient (Wildman–Crippen LogP) is 1.20. The fourth-order valence-electron chi connectivity index (χ4n) is 2.72. The molecule has 7 heteroatoms. The average molecular weight is 362 g/mol. The molecule has 144 valence electrons. The molecule has 1 aliphatic heterocycles. The Morgan fingerprint density at radius 1 is 1.31 bits per heavy atom. The van der Waals surface area contributed by atoms with Gasteiger partial charge < -0.3 is 24.6 Å². The highest BCUT2D eigenvalue weighted by Crippen LogP contribution is 2.14. The number of rotatable bonds is 7. The van der Waals surface area contributed by atoms with Crippen molar-refractivity contribution >= 4 is 11.9 Å². The highest BCUT2D eigenvalue weighted by atomic mass is 16.5. The van der Waals surface area contributed by atoms with Gasteiger partial charge in [-0.05, 0) is 24.1 Å². The second-order valence-corrected chi connectivity index (χ2v) is 6.74. The molecule has 1 N–H and O–H groups in total. The fourth-order valence-corrected chi connectivity index (χ4v) is 2.72. The molecule has 1 heterocycles. The molecule has 1 aliphatic rings. The molecule has 0 bridgehead atoms. The fraction of sp³-hybridized carbons (Fsp3) is 0.579. The summed E-state index contributed by atoms with van der Waals surface area (Å²) in [4.78, 5) is 20.3. The lowest BCUT2D eigenvalue weighted by Gasteiger charge is -2.25. The van der Waals surface area contributed by atoms with E-state index in [0.29, 0.717) is 12.5 Å². The summed E-state index contributed by atoms with van der Waals surface area (Å²) >= 11 is 0. The molecule has 0 aromatic heterocycles. The van der Waals surface area contributed by atoms with Crippen molar-refractivity contribution in [3.63, 3.8) is 0 Å². The molecule has 1 unspecified atom stereocenters. The monoisotopic (exact) mass is 362 g/mol. The van der Waals surface area contributed by atoms with Crippen LogP contribution in [0.15, 0.2) is 29.3 Å². The van der Waals surface area contributed by atoms with Gasteiger partial charge in [-0.3, -0.25) is 4.79 Å². The van der Waals surface area contributed by atoms with Gasteiger partial charge in [0, 0.05) is 40.2 Å². The largest absolute Gasteiger partial charge is 0.497 e. The number of aliphatic imine (C=N–C) groups is 1. The average Bonchev–Trinajstić information content (AvgIpc) is 3.14. The molecule has 1 aromatic rings. The topological polar surface area (TPSA) is 66.4 Å². The number of nitrogens with zero attached hydrogens (tertiary/aromatic N) is 3. The van der Waals surface area contributed by atoms with Crippen LogP contribution >= 0.6 is 0 Å². The van der Waals surface area contributed by atoms with Crippen LogP contribution in [-0.2, 0) is 16.1 Å². The third kappa shape index (κ3) is 6.22. The Hall–Kier alpha value is -2.28. The van der Waals surface area contributed by atoms with Crippen LogP contribution in [0.25, 0.3) is 0 Å². The molecule has 26 heavy (non-hydrogen) atoms. The van der Waals surface area contributed by atoms with Crippen LogP contribution in [0.5, 0.6) is 5.75 Å². The molecule has 2 rings (SSSR count). The molecule has 0 aliphatic carbocycles. The Morgan fingerprint density at radius 3 is 2.62 bits per heavy atom. The Bertz CT molecular complexity index is 595. The molecule has 0 radical (unpaired) electrons. The Kier molecular flexibility index (Phi) is 7.72. The normalized spacial score (nSPS) is 17.1. The smallest absolute Gasteiger partial charge is 0.241 e. The summed E-state index contributed by atoms with van der Waals surface area (Å²) < 4.78 is 10.6. The van der Waals surface area contributed by atoms with E-state index in [1.165, 1.54) is 0 Å². The van der Waals surface area contributed by atoms with Crippen molar-refractivity contribution in [2.24, 2.45) is 10.9 Å². The summed E-state index contributed by atoms with van der Waals surface area (Å²) in [6.45, 7) is 3.22. The second-order valence-electron chi connectivity index (χ2n) is 6.74. The van der Waals surface area contributed by atoms with E-state index < -0.39 is 0 Å². The van der Waals surface area contributed by atoms with Gasteiger partial charge in [0.25, 0.3) is 0 Å². The molecule has 1 saturated heterocycles. The van der Waals surface area contributed by atoms with Crippen molar-refractivity contribution in [3.05, 3.63) is 29.8 Å². The van der Waals surface area contributed by atoms with Crippen molar-refractivity contribution in [1.82, 2.24) is 15.1 Å². The maximum absolute atomic E-state index is 11.9. The predicted molar refractivity (Wildman–Crippen MR) is 102 cm³/mol. The van der Waals surface area contributed by atoms with Gasteiger partial charge >= 0.3 is 0 Å². The second kappa shape index (κ2) is 10.0. The van der Waals surface area contributed by atoms with Gasteiger partial charge in [-0.1, -0.05) is 12.1 Å². The van der Waals surface area contributed by atoms with E-state index >= 15 is 0 Å². The lowest BCUT2D eigenvalue weighted by atomic mass is 10.1. The summed E-state index contributed by atoms with van der Waals surface area (Å²) in [5, 5.41) is 3.19. The quantitative estimate of drug-likeness (QED) is 0.583. The van der Waals surface area contributed by atoms with E-state index in [1.54, 1.807) is 26.1 Å². The number of carbonyl (C=O) groups is 1. The standard InChI is InChI=1S/C19H30N4O3/c1-22(2)18(24)12-21-19(23(3)13-16-9-10-26-14-16)20-11-15-5-7-17(25-4)8-6-15/h5-8,16H,9-14H2,1-4H3,(H,20,21). The van der Waals surface area contributed by atoms with E-state index in [4.69, 9.17) is 14.5 Å². The third-order valence-electron chi connectivity index (χ3n) is 4.38. The van der Waals surface area contributed by atoms with E-state index in [-0.39, 0.29) is 12.5 Å². The number of nitrogens with one attached hydrogen (secondary N) is 1. The van der Waals surface area contributed by atoms with Crippen LogP contribution in [0.2, 0.25) is 0 Å². The minimum Gasteiger partial charge on any atom is -0.497 e. The first kappa shape index (κ1) is 20.0. The van der Waals surface area contributed by atoms with Crippen LogP contribution in [0.4, 0.5) is 0 Å². The van der Waals surface area contributed by atoms with Gasteiger partial charge in [-0.25, -0.2) is 4.99 Å². The number of hydrogen-bond acceptors (Lipinski definition) is 4. The lowest BCUT2D eigenvalue weighted by Crippen LogP contribution is -2.45. The van der Waals surface area contributed by atoms with E-state index in [2.05, 4.69) is 10.2 Å². The minimum absolute atomic E-state index is 0.0137. The summed E-state index contributed by atoms with van der Waals surface area (Å²) in [6, 6.07) is 7.84. The van der Waals surface area contributed by atoms with Gasteiger partial charge in [0.2, 0.25) is 5.91 Å². The molecule has 1 fully saturated rings. The third-order valence-corrected chi connectivity index (χ3v) is 4.38. The molecule has 0 spiro atoms. The van der Waals surface area contributed by atoms with Crippen LogP contribution in [0.3, 0.4) is 0 Å². The summed E-state index contributed by atoms with van der Waals surface area (Å²) in [5.41, 5.74) is 1.08. The van der Waals surface area contributed by atoms with Crippen molar-refractivity contribution < 1.29 is 14.3 Å². The number of carbonyl (C=O) groups excluding carboxylic acids is 1. The molecular formula is C19H30N4O3. The summed E-state index contributed by atoms with van der Waals surface area (Å²) in [7, 11) is 7.15. The maximum atomic E-state index is 11.9. The molecule has 1 aromatic carbocycles. The Morgan fingerprint density at radius 2 is 2.04 bits per heavy atom. The number of guanidine groups is 1. The Balaban J connectivity index is 2.02. The molecular weight excluding hydrogens is 332 g/mol. The summed E-state index contributed by atoms with van der Waals surface area (Å²) in [6.07, 6.45) is 1.06. The molecule has 0 saturated carbocycles. The van der Waals surface area contributed by atoms with Crippen molar-refractivity contribution in [3.8, 4) is 5.75 Å². The van der Waals surface area contributed by atoms with Gasteiger partial charge in [-0.15, -0.1) is 0 Å². The number of benzene rings is 1. The van der Waals surface area contributed by atoms with Gasteiger partial charge in [0.15, 0.2) is 5.96 Å². The number of likely N-dealkylation sites (N-methyl/N-ethyl adjacent to an activating group) is 1. The van der Waals surface area contributed by atoms with Crippen LogP contribution in [-0.4, -0.2) is 76.2 Å². The zero-order valence-corrected chi connectivity index (χ0v) is 16.2. The van der Waals surface area contributed by atoms with Gasteiger partial charge in [0.05, 0.1) is 26.8 Å². The first-order valence-electron chi connectivity index (χ1n) is 8.90. The molecule has 1 atom stereocenters. The maximum Gasteiger partial charge on any atom is 0.241 e. The van der Waals surface area contributed by atoms with Crippen LogP contribution < -0.4 is 10.1 Å². The first-order valence-corrected chi connectivity index (χ1v) is 8.90. The highest BCUT2D eigenvalue weighted by Gasteiger charge is 2.19. The zero-order chi connectivity index (χ0) is 18.9.